The number of carbonyl (C=O) groups excluding carboxylic acids is 1. The number of ether oxygens (including phenoxy) is 1. The number of nitrogens with zero attached hydrogens (tertiary/aromatic N) is 3. The zero-order valence-electron chi connectivity index (χ0n) is 12.7. The van der Waals surface area contributed by atoms with E-state index in [1.54, 1.807) is 13.1 Å². The summed E-state index contributed by atoms with van der Waals surface area (Å²) in [6.07, 6.45) is 0.0692. The average molecular weight is 295 g/mol. The molecule has 2 heterocycles. The van der Waals surface area contributed by atoms with Crippen molar-refractivity contribution < 1.29 is 19.4 Å². The molecule has 0 saturated carbocycles. The third-order valence-electron chi connectivity index (χ3n) is 3.85. The van der Waals surface area contributed by atoms with E-state index in [9.17, 15) is 14.7 Å². The monoisotopic (exact) mass is 295 g/mol. The Labute approximate surface area is 123 Å². The normalized spacial score (nSPS) is 22.0. The van der Waals surface area contributed by atoms with E-state index in [1.165, 1.54) is 16.7 Å². The summed E-state index contributed by atoms with van der Waals surface area (Å²) in [6, 6.07) is 0.881. The van der Waals surface area contributed by atoms with Gasteiger partial charge >= 0.3 is 5.97 Å². The van der Waals surface area contributed by atoms with Crippen LogP contribution < -0.4 is 0 Å². The predicted molar refractivity (Wildman–Crippen MR) is 75.2 cm³/mol. The Balaban J connectivity index is 2.28. The Morgan fingerprint density at radius 2 is 2.14 bits per heavy atom. The first-order valence-corrected chi connectivity index (χ1v) is 6.95. The Morgan fingerprint density at radius 3 is 2.62 bits per heavy atom. The number of aromatic nitrogens is 2. The van der Waals surface area contributed by atoms with Gasteiger partial charge in [-0.1, -0.05) is 13.8 Å². The highest BCUT2D eigenvalue weighted by Crippen LogP contribution is 2.23. The van der Waals surface area contributed by atoms with Crippen LogP contribution in [-0.2, 0) is 16.6 Å². The van der Waals surface area contributed by atoms with Crippen molar-refractivity contribution in [1.29, 1.82) is 0 Å². The number of carboxylic acids is 1. The zero-order chi connectivity index (χ0) is 15.7. The average Bonchev–Trinajstić information content (AvgIpc) is 3.01. The van der Waals surface area contributed by atoms with Gasteiger partial charge in [0.25, 0.3) is 5.91 Å². The largest absolute Gasteiger partial charge is 0.480 e. The van der Waals surface area contributed by atoms with Gasteiger partial charge < -0.3 is 14.7 Å². The lowest BCUT2D eigenvalue weighted by Gasteiger charge is -2.20. The van der Waals surface area contributed by atoms with Gasteiger partial charge in [-0.2, -0.15) is 5.10 Å². The number of hydrogen-bond donors (Lipinski definition) is 1. The van der Waals surface area contributed by atoms with Crippen LogP contribution in [0.25, 0.3) is 0 Å². The summed E-state index contributed by atoms with van der Waals surface area (Å²) >= 11 is 0. The maximum Gasteiger partial charge on any atom is 0.326 e. The Morgan fingerprint density at radius 1 is 1.48 bits per heavy atom. The van der Waals surface area contributed by atoms with Crippen molar-refractivity contribution in [1.82, 2.24) is 14.7 Å². The molecule has 0 aliphatic carbocycles. The van der Waals surface area contributed by atoms with E-state index in [2.05, 4.69) is 5.10 Å². The Kier molecular flexibility index (Phi) is 4.32. The molecule has 2 rings (SSSR count). The summed E-state index contributed by atoms with van der Waals surface area (Å²) in [7, 11) is 3.22. The van der Waals surface area contributed by atoms with Crippen LogP contribution in [0.4, 0.5) is 0 Å². The minimum Gasteiger partial charge on any atom is -0.480 e. The molecule has 7 nitrogen and oxygen atoms in total. The van der Waals surface area contributed by atoms with Crippen LogP contribution in [-0.4, -0.2) is 57.5 Å². The molecule has 1 aromatic heterocycles. The SMILES string of the molecule is COC1CC(C(=O)O)N(C(=O)c2cc(C(C)C)nn2C)C1. The van der Waals surface area contributed by atoms with Gasteiger partial charge in [0, 0.05) is 27.1 Å². The second-order valence-electron chi connectivity index (χ2n) is 5.64. The third-order valence-corrected chi connectivity index (χ3v) is 3.85. The van der Waals surface area contributed by atoms with Gasteiger partial charge in [-0.15, -0.1) is 0 Å². The lowest BCUT2D eigenvalue weighted by atomic mass is 10.1. The van der Waals surface area contributed by atoms with Gasteiger partial charge in [-0.25, -0.2) is 4.79 Å². The number of amides is 1. The number of methoxy groups -OCH3 is 1. The van der Waals surface area contributed by atoms with Crippen LogP contribution in [0.2, 0.25) is 0 Å². The maximum absolute atomic E-state index is 12.6. The van der Waals surface area contributed by atoms with Crippen LogP contribution in [0.1, 0.15) is 42.4 Å². The van der Waals surface area contributed by atoms with E-state index < -0.39 is 12.0 Å². The first-order chi connectivity index (χ1) is 9.85. The van der Waals surface area contributed by atoms with Crippen molar-refractivity contribution in [3.05, 3.63) is 17.5 Å². The summed E-state index contributed by atoms with van der Waals surface area (Å²) in [5, 5.41) is 13.6. The number of hydrogen-bond acceptors (Lipinski definition) is 4. The quantitative estimate of drug-likeness (QED) is 0.890. The molecule has 1 amide bonds. The molecule has 1 saturated heterocycles. The van der Waals surface area contributed by atoms with Crippen molar-refractivity contribution >= 4 is 11.9 Å². The second kappa shape index (κ2) is 5.85. The summed E-state index contributed by atoms with van der Waals surface area (Å²) < 4.78 is 6.71. The van der Waals surface area contributed by atoms with Crippen LogP contribution in [0, 0.1) is 0 Å². The fourth-order valence-corrected chi connectivity index (χ4v) is 2.55. The number of likely N-dealkylation sites (tertiary alicyclic amines) is 1. The van der Waals surface area contributed by atoms with E-state index >= 15 is 0 Å². The molecule has 116 valence electrons. The van der Waals surface area contributed by atoms with Crippen molar-refractivity contribution in [3.63, 3.8) is 0 Å². The van der Waals surface area contributed by atoms with E-state index in [4.69, 9.17) is 4.74 Å². The van der Waals surface area contributed by atoms with Gasteiger partial charge in [0.2, 0.25) is 0 Å². The minimum absolute atomic E-state index is 0.207. The highest BCUT2D eigenvalue weighted by Gasteiger charge is 2.40. The summed E-state index contributed by atoms with van der Waals surface area (Å²) in [6.45, 7) is 4.27. The second-order valence-corrected chi connectivity index (χ2v) is 5.64. The molecule has 1 fully saturated rings. The van der Waals surface area contributed by atoms with Crippen molar-refractivity contribution in [2.24, 2.45) is 7.05 Å². The minimum atomic E-state index is -1.01. The predicted octanol–water partition coefficient (Wildman–Crippen LogP) is 0.858. The van der Waals surface area contributed by atoms with Gasteiger partial charge in [-0.05, 0) is 12.0 Å². The Hall–Kier alpha value is -1.89. The first-order valence-electron chi connectivity index (χ1n) is 6.95. The molecular weight excluding hydrogens is 274 g/mol. The number of aryl methyl sites for hydroxylation is 1. The van der Waals surface area contributed by atoms with E-state index in [0.29, 0.717) is 12.1 Å². The fraction of sp³-hybridized carbons (Fsp3) is 0.643. The molecule has 21 heavy (non-hydrogen) atoms. The molecule has 0 bridgehead atoms. The van der Waals surface area contributed by atoms with E-state index in [1.807, 2.05) is 13.8 Å². The number of carboxylic acid groups (broad SMARTS) is 1. The van der Waals surface area contributed by atoms with Crippen molar-refractivity contribution in [2.75, 3.05) is 13.7 Å². The molecule has 0 radical (unpaired) electrons. The molecule has 0 aromatic carbocycles. The third kappa shape index (κ3) is 2.92. The lowest BCUT2D eigenvalue weighted by molar-refractivity contribution is -0.141. The van der Waals surface area contributed by atoms with Crippen LogP contribution in [0.15, 0.2) is 6.07 Å². The fourth-order valence-electron chi connectivity index (χ4n) is 2.55. The van der Waals surface area contributed by atoms with Crippen molar-refractivity contribution in [2.45, 2.75) is 38.3 Å². The van der Waals surface area contributed by atoms with Crippen LogP contribution in [0.5, 0.6) is 0 Å². The molecule has 1 aliphatic heterocycles. The zero-order valence-corrected chi connectivity index (χ0v) is 12.7. The van der Waals surface area contributed by atoms with E-state index in [-0.39, 0.29) is 24.5 Å². The van der Waals surface area contributed by atoms with E-state index in [0.717, 1.165) is 5.69 Å². The van der Waals surface area contributed by atoms with Crippen molar-refractivity contribution in [3.8, 4) is 0 Å². The Bertz CT molecular complexity index is 552. The molecule has 1 N–H and O–H groups in total. The number of rotatable bonds is 4. The maximum atomic E-state index is 12.6. The molecule has 2 atom stereocenters. The van der Waals surface area contributed by atoms with Gasteiger partial charge in [0.1, 0.15) is 11.7 Å². The summed E-state index contributed by atoms with van der Waals surface area (Å²) in [5.41, 5.74) is 1.22. The van der Waals surface area contributed by atoms with Crippen LogP contribution in [0.3, 0.4) is 0 Å². The lowest BCUT2D eigenvalue weighted by Crippen LogP contribution is -2.41. The number of aliphatic carboxylic acids is 1. The van der Waals surface area contributed by atoms with Gasteiger partial charge in [0.05, 0.1) is 11.8 Å². The number of carbonyl (C=O) groups is 2. The van der Waals surface area contributed by atoms with Gasteiger partial charge in [-0.3, -0.25) is 9.48 Å². The molecule has 1 aliphatic rings. The molecule has 1 aromatic rings. The standard InChI is InChI=1S/C14H21N3O4/c1-8(2)10-6-11(16(3)15-10)13(18)17-7-9(21-4)5-12(17)14(19)20/h6,8-9,12H,5,7H2,1-4H3,(H,19,20). The molecule has 2 unspecified atom stereocenters. The highest BCUT2D eigenvalue weighted by atomic mass is 16.5. The highest BCUT2D eigenvalue weighted by molar-refractivity contribution is 5.95. The molecule has 0 spiro atoms. The van der Waals surface area contributed by atoms with Gasteiger partial charge in [0.15, 0.2) is 0 Å². The topological polar surface area (TPSA) is 84.7 Å². The summed E-state index contributed by atoms with van der Waals surface area (Å²) in [5.74, 6) is -1.11. The molecule has 7 heteroatoms. The molecular formula is C14H21N3O4. The van der Waals surface area contributed by atoms with Crippen LogP contribution >= 0.6 is 0 Å². The first kappa shape index (κ1) is 15.5. The smallest absolute Gasteiger partial charge is 0.326 e. The summed E-state index contributed by atoms with van der Waals surface area (Å²) in [4.78, 5) is 25.3.